The predicted molar refractivity (Wildman–Crippen MR) is 79.7 cm³/mol. The van der Waals surface area contributed by atoms with Crippen LogP contribution in [0.5, 0.6) is 0 Å². The number of halogens is 1. The first-order chi connectivity index (χ1) is 9.67. The van der Waals surface area contributed by atoms with Gasteiger partial charge in [0.15, 0.2) is 0 Å². The van der Waals surface area contributed by atoms with Gasteiger partial charge in [0.1, 0.15) is 5.82 Å². The maximum atomic E-state index is 13.8. The lowest BCUT2D eigenvalue weighted by atomic mass is 10.1. The van der Waals surface area contributed by atoms with E-state index < -0.39 is 5.82 Å². The van der Waals surface area contributed by atoms with Gasteiger partial charge in [-0.1, -0.05) is 12.1 Å². The average molecular weight is 272 g/mol. The van der Waals surface area contributed by atoms with E-state index in [1.54, 1.807) is 30.3 Å². The van der Waals surface area contributed by atoms with E-state index in [2.05, 4.69) is 5.32 Å². The van der Waals surface area contributed by atoms with E-state index in [0.29, 0.717) is 17.8 Å². The molecule has 0 aromatic heterocycles. The second kappa shape index (κ2) is 6.19. The summed E-state index contributed by atoms with van der Waals surface area (Å²) in [6.07, 6.45) is 0. The standard InChI is InChI=1S/C16H17FN2O/c1-3-19(15-7-5-4-6-14(15)17)16(20)12-8-10-13(18-2)11-9-12/h4-11,18H,3H2,1-2H3. The lowest BCUT2D eigenvalue weighted by molar-refractivity contribution is 0.0987. The first-order valence-corrected chi connectivity index (χ1v) is 6.51. The van der Waals surface area contributed by atoms with Crippen LogP contribution >= 0.6 is 0 Å². The quantitative estimate of drug-likeness (QED) is 0.923. The van der Waals surface area contributed by atoms with Crippen LogP contribution in [0.4, 0.5) is 15.8 Å². The van der Waals surface area contributed by atoms with Crippen molar-refractivity contribution in [3.8, 4) is 0 Å². The summed E-state index contributed by atoms with van der Waals surface area (Å²) in [5.74, 6) is -0.602. The van der Waals surface area contributed by atoms with Gasteiger partial charge >= 0.3 is 0 Å². The number of nitrogens with one attached hydrogen (secondary N) is 1. The van der Waals surface area contributed by atoms with Crippen LogP contribution < -0.4 is 10.2 Å². The summed E-state index contributed by atoms with van der Waals surface area (Å²) in [7, 11) is 1.81. The van der Waals surface area contributed by atoms with E-state index in [-0.39, 0.29) is 5.91 Å². The second-order valence-corrected chi connectivity index (χ2v) is 4.33. The fourth-order valence-corrected chi connectivity index (χ4v) is 2.03. The highest BCUT2D eigenvalue weighted by molar-refractivity contribution is 6.06. The number of benzene rings is 2. The van der Waals surface area contributed by atoms with Crippen molar-refractivity contribution in [2.24, 2.45) is 0 Å². The first kappa shape index (κ1) is 14.1. The molecule has 20 heavy (non-hydrogen) atoms. The summed E-state index contributed by atoms with van der Waals surface area (Å²) in [4.78, 5) is 13.9. The van der Waals surface area contributed by atoms with Gasteiger partial charge in [-0.25, -0.2) is 4.39 Å². The summed E-state index contributed by atoms with van der Waals surface area (Å²) in [5, 5.41) is 2.99. The molecule has 0 saturated heterocycles. The lowest BCUT2D eigenvalue weighted by Gasteiger charge is -2.21. The SMILES string of the molecule is CCN(C(=O)c1ccc(NC)cc1)c1ccccc1F. The third-order valence-corrected chi connectivity index (χ3v) is 3.13. The number of anilines is 2. The van der Waals surface area contributed by atoms with Crippen molar-refractivity contribution in [2.45, 2.75) is 6.92 Å². The van der Waals surface area contributed by atoms with Crippen molar-refractivity contribution in [3.05, 3.63) is 59.9 Å². The number of nitrogens with zero attached hydrogens (tertiary/aromatic N) is 1. The Morgan fingerprint density at radius 1 is 1.15 bits per heavy atom. The Bertz CT molecular complexity index is 596. The smallest absolute Gasteiger partial charge is 0.258 e. The van der Waals surface area contributed by atoms with Gasteiger partial charge in [0.25, 0.3) is 5.91 Å². The minimum Gasteiger partial charge on any atom is -0.388 e. The summed E-state index contributed by atoms with van der Waals surface area (Å²) in [5.41, 5.74) is 1.77. The molecule has 1 amide bonds. The second-order valence-electron chi connectivity index (χ2n) is 4.33. The van der Waals surface area contributed by atoms with E-state index >= 15 is 0 Å². The number of para-hydroxylation sites is 1. The predicted octanol–water partition coefficient (Wildman–Crippen LogP) is 3.53. The van der Waals surface area contributed by atoms with Crippen molar-refractivity contribution in [1.29, 1.82) is 0 Å². The number of amides is 1. The first-order valence-electron chi connectivity index (χ1n) is 6.51. The molecule has 0 atom stereocenters. The van der Waals surface area contributed by atoms with Crippen LogP contribution in [0.3, 0.4) is 0 Å². The molecule has 0 unspecified atom stereocenters. The number of hydrogen-bond donors (Lipinski definition) is 1. The van der Waals surface area contributed by atoms with E-state index in [1.807, 2.05) is 26.1 Å². The molecule has 0 radical (unpaired) electrons. The Morgan fingerprint density at radius 2 is 1.80 bits per heavy atom. The number of hydrogen-bond acceptors (Lipinski definition) is 2. The van der Waals surface area contributed by atoms with Gasteiger partial charge in [-0.2, -0.15) is 0 Å². The molecule has 2 aromatic carbocycles. The van der Waals surface area contributed by atoms with Crippen LogP contribution in [-0.4, -0.2) is 19.5 Å². The largest absolute Gasteiger partial charge is 0.388 e. The minimum atomic E-state index is -0.394. The zero-order valence-corrected chi connectivity index (χ0v) is 11.6. The van der Waals surface area contributed by atoms with E-state index in [0.717, 1.165) is 5.69 Å². The Kier molecular flexibility index (Phi) is 4.35. The summed E-state index contributed by atoms with van der Waals surface area (Å²) >= 11 is 0. The van der Waals surface area contributed by atoms with Gasteiger partial charge in [-0.3, -0.25) is 4.79 Å². The van der Waals surface area contributed by atoms with Crippen LogP contribution in [-0.2, 0) is 0 Å². The Balaban J connectivity index is 2.31. The molecule has 0 aliphatic rings. The highest BCUT2D eigenvalue weighted by atomic mass is 19.1. The molecule has 3 nitrogen and oxygen atoms in total. The van der Waals surface area contributed by atoms with Crippen molar-refractivity contribution >= 4 is 17.3 Å². The molecular weight excluding hydrogens is 255 g/mol. The molecule has 0 heterocycles. The van der Waals surface area contributed by atoms with Crippen LogP contribution in [0.15, 0.2) is 48.5 Å². The van der Waals surface area contributed by atoms with E-state index in [9.17, 15) is 9.18 Å². The fraction of sp³-hybridized carbons (Fsp3) is 0.188. The molecule has 4 heteroatoms. The Morgan fingerprint density at radius 3 is 2.35 bits per heavy atom. The third-order valence-electron chi connectivity index (χ3n) is 3.13. The van der Waals surface area contributed by atoms with Gasteiger partial charge in [0, 0.05) is 24.8 Å². The monoisotopic (exact) mass is 272 g/mol. The molecule has 0 spiro atoms. The molecule has 0 aliphatic carbocycles. The average Bonchev–Trinajstić information content (AvgIpc) is 2.50. The minimum absolute atomic E-state index is 0.208. The molecular formula is C16H17FN2O. The van der Waals surface area contributed by atoms with E-state index in [4.69, 9.17) is 0 Å². The van der Waals surface area contributed by atoms with Crippen molar-refractivity contribution < 1.29 is 9.18 Å². The highest BCUT2D eigenvalue weighted by Crippen LogP contribution is 2.21. The fourth-order valence-electron chi connectivity index (χ4n) is 2.03. The topological polar surface area (TPSA) is 32.3 Å². The maximum absolute atomic E-state index is 13.8. The van der Waals surface area contributed by atoms with Crippen LogP contribution in [0.2, 0.25) is 0 Å². The molecule has 2 aromatic rings. The molecule has 2 rings (SSSR count). The Hall–Kier alpha value is -2.36. The highest BCUT2D eigenvalue weighted by Gasteiger charge is 2.18. The maximum Gasteiger partial charge on any atom is 0.258 e. The number of rotatable bonds is 4. The molecule has 0 aliphatic heterocycles. The molecule has 0 saturated carbocycles. The van der Waals surface area contributed by atoms with Crippen LogP contribution in [0.25, 0.3) is 0 Å². The van der Waals surface area contributed by atoms with Gasteiger partial charge in [0.2, 0.25) is 0 Å². The van der Waals surface area contributed by atoms with Gasteiger partial charge < -0.3 is 10.2 Å². The van der Waals surface area contributed by atoms with Gasteiger partial charge in [0.05, 0.1) is 5.69 Å². The molecule has 0 fully saturated rings. The summed E-state index contributed by atoms with van der Waals surface area (Å²) in [6, 6.07) is 13.4. The van der Waals surface area contributed by atoms with Gasteiger partial charge in [-0.05, 0) is 43.3 Å². The normalized spacial score (nSPS) is 10.2. The third kappa shape index (κ3) is 2.79. The zero-order valence-electron chi connectivity index (χ0n) is 11.6. The molecule has 0 bridgehead atoms. The molecule has 1 N–H and O–H groups in total. The van der Waals surface area contributed by atoms with E-state index in [1.165, 1.54) is 11.0 Å². The van der Waals surface area contributed by atoms with Crippen molar-refractivity contribution in [1.82, 2.24) is 0 Å². The number of carbonyl (C=O) groups excluding carboxylic acids is 1. The number of carbonyl (C=O) groups is 1. The van der Waals surface area contributed by atoms with Gasteiger partial charge in [-0.15, -0.1) is 0 Å². The van der Waals surface area contributed by atoms with Crippen LogP contribution in [0.1, 0.15) is 17.3 Å². The lowest BCUT2D eigenvalue weighted by Crippen LogP contribution is -2.31. The van der Waals surface area contributed by atoms with Crippen molar-refractivity contribution in [3.63, 3.8) is 0 Å². The zero-order chi connectivity index (χ0) is 14.5. The van der Waals surface area contributed by atoms with Crippen molar-refractivity contribution in [2.75, 3.05) is 23.8 Å². The molecule has 104 valence electrons. The Labute approximate surface area is 118 Å². The van der Waals surface area contributed by atoms with Crippen LogP contribution in [0, 0.1) is 5.82 Å². The summed E-state index contributed by atoms with van der Waals surface area (Å²) in [6.45, 7) is 2.24. The summed E-state index contributed by atoms with van der Waals surface area (Å²) < 4.78 is 13.8.